The molecule has 0 N–H and O–H groups in total. The van der Waals surface area contributed by atoms with E-state index in [0.717, 1.165) is 0 Å². The summed E-state index contributed by atoms with van der Waals surface area (Å²) in [5, 5.41) is 2.17. The monoisotopic (exact) mass is 169 g/mol. The summed E-state index contributed by atoms with van der Waals surface area (Å²) >= 11 is 1.57. The Bertz CT molecular complexity index is 203. The first-order valence-corrected chi connectivity index (χ1v) is 4.90. The molecule has 11 heavy (non-hydrogen) atoms. The van der Waals surface area contributed by atoms with Crippen molar-refractivity contribution in [1.29, 1.82) is 0 Å². The van der Waals surface area contributed by atoms with Gasteiger partial charge in [0.2, 0.25) is 0 Å². The Morgan fingerprint density at radius 1 is 1.18 bits per heavy atom. The van der Waals surface area contributed by atoms with E-state index < -0.39 is 0 Å². The normalized spacial score (nSPS) is 11.5. The maximum Gasteiger partial charge on any atom is 0.0602 e. The fourth-order valence-corrected chi connectivity index (χ4v) is 2.11. The van der Waals surface area contributed by atoms with Crippen LogP contribution in [0.3, 0.4) is 0 Å². The van der Waals surface area contributed by atoms with Gasteiger partial charge in [-0.1, -0.05) is 27.7 Å². The molecule has 0 saturated carbocycles. The number of hydrogen-bond donors (Lipinski definition) is 0. The number of nitrogens with zero attached hydrogens (tertiary/aromatic N) is 1. The molecule has 0 atom stereocenters. The minimum atomic E-state index is 0.568. The number of aromatic nitrogens is 1. The van der Waals surface area contributed by atoms with Crippen LogP contribution in [-0.4, -0.2) is 4.37 Å². The lowest BCUT2D eigenvalue weighted by molar-refractivity contribution is 0.776. The Kier molecular flexibility index (Phi) is 2.66. The second-order valence-corrected chi connectivity index (χ2v) is 4.09. The van der Waals surface area contributed by atoms with Crippen molar-refractivity contribution in [2.24, 2.45) is 0 Å². The predicted molar refractivity (Wildman–Crippen MR) is 50.3 cm³/mol. The summed E-state index contributed by atoms with van der Waals surface area (Å²) in [4.78, 5) is 0. The van der Waals surface area contributed by atoms with Gasteiger partial charge in [-0.05, 0) is 28.9 Å². The number of rotatable bonds is 2. The molecule has 2 heteroatoms. The smallest absolute Gasteiger partial charge is 0.0602 e. The summed E-state index contributed by atoms with van der Waals surface area (Å²) in [5.74, 6) is 1.18. The molecule has 0 fully saturated rings. The van der Waals surface area contributed by atoms with Crippen molar-refractivity contribution in [3.63, 3.8) is 0 Å². The van der Waals surface area contributed by atoms with E-state index in [9.17, 15) is 0 Å². The van der Waals surface area contributed by atoms with Crippen LogP contribution in [0.2, 0.25) is 0 Å². The van der Waals surface area contributed by atoms with Crippen molar-refractivity contribution >= 4 is 11.5 Å². The molecule has 62 valence electrons. The van der Waals surface area contributed by atoms with Crippen LogP contribution < -0.4 is 0 Å². The maximum absolute atomic E-state index is 4.38. The molecule has 0 amide bonds. The van der Waals surface area contributed by atoms with E-state index in [2.05, 4.69) is 37.4 Å². The second kappa shape index (κ2) is 3.35. The van der Waals surface area contributed by atoms with Gasteiger partial charge in [0, 0.05) is 5.38 Å². The van der Waals surface area contributed by atoms with Gasteiger partial charge in [-0.3, -0.25) is 0 Å². The topological polar surface area (TPSA) is 12.9 Å². The summed E-state index contributed by atoms with van der Waals surface area (Å²) in [7, 11) is 0. The van der Waals surface area contributed by atoms with E-state index in [4.69, 9.17) is 0 Å². The van der Waals surface area contributed by atoms with Crippen LogP contribution in [0.1, 0.15) is 50.8 Å². The fourth-order valence-electron chi connectivity index (χ4n) is 1.12. The Morgan fingerprint density at radius 3 is 2.18 bits per heavy atom. The van der Waals surface area contributed by atoms with E-state index in [1.54, 1.807) is 11.5 Å². The summed E-state index contributed by atoms with van der Waals surface area (Å²) in [6.07, 6.45) is 0. The molecule has 0 spiro atoms. The van der Waals surface area contributed by atoms with Crippen molar-refractivity contribution < 1.29 is 0 Å². The second-order valence-electron chi connectivity index (χ2n) is 3.46. The van der Waals surface area contributed by atoms with Gasteiger partial charge >= 0.3 is 0 Å². The maximum atomic E-state index is 4.38. The molecule has 0 aliphatic rings. The largest absolute Gasteiger partial charge is 0.197 e. The van der Waals surface area contributed by atoms with E-state index in [-0.39, 0.29) is 0 Å². The zero-order valence-corrected chi connectivity index (χ0v) is 8.40. The Morgan fingerprint density at radius 2 is 1.82 bits per heavy atom. The molecule has 0 aliphatic heterocycles. The summed E-state index contributed by atoms with van der Waals surface area (Å²) < 4.78 is 4.38. The highest BCUT2D eigenvalue weighted by Crippen LogP contribution is 2.26. The zero-order chi connectivity index (χ0) is 8.43. The molecule has 0 radical (unpaired) electrons. The predicted octanol–water partition coefficient (Wildman–Crippen LogP) is 3.39. The Labute approximate surface area is 72.6 Å². The molecule has 1 rings (SSSR count). The minimum Gasteiger partial charge on any atom is -0.197 e. The summed E-state index contributed by atoms with van der Waals surface area (Å²) in [6, 6.07) is 0. The Balaban J connectivity index is 2.96. The first-order chi connectivity index (χ1) is 5.13. The van der Waals surface area contributed by atoms with Crippen LogP contribution in [0.25, 0.3) is 0 Å². The molecule has 1 aromatic heterocycles. The third-order valence-corrected chi connectivity index (χ3v) is 2.46. The van der Waals surface area contributed by atoms with Gasteiger partial charge in [-0.2, -0.15) is 4.37 Å². The van der Waals surface area contributed by atoms with Crippen LogP contribution in [0.4, 0.5) is 0 Å². The van der Waals surface area contributed by atoms with Crippen LogP contribution in [0, 0.1) is 0 Å². The van der Waals surface area contributed by atoms with E-state index >= 15 is 0 Å². The molecule has 0 aliphatic carbocycles. The van der Waals surface area contributed by atoms with E-state index in [0.29, 0.717) is 11.8 Å². The summed E-state index contributed by atoms with van der Waals surface area (Å²) in [6.45, 7) is 8.83. The van der Waals surface area contributed by atoms with E-state index in [1.807, 2.05) is 0 Å². The standard InChI is InChI=1S/C9H15NS/c1-6(2)8-5-11-10-9(8)7(3)4/h5-7H,1-4H3. The minimum absolute atomic E-state index is 0.568. The van der Waals surface area contributed by atoms with Crippen LogP contribution in [-0.2, 0) is 0 Å². The van der Waals surface area contributed by atoms with Gasteiger partial charge in [-0.25, -0.2) is 0 Å². The lowest BCUT2D eigenvalue weighted by Gasteiger charge is -2.07. The average Bonchev–Trinajstić information content (AvgIpc) is 2.32. The van der Waals surface area contributed by atoms with Gasteiger partial charge in [0.1, 0.15) is 0 Å². The first-order valence-electron chi connectivity index (χ1n) is 4.07. The van der Waals surface area contributed by atoms with E-state index in [1.165, 1.54) is 11.3 Å². The highest BCUT2D eigenvalue weighted by atomic mass is 32.1. The van der Waals surface area contributed by atoms with Crippen LogP contribution >= 0.6 is 11.5 Å². The molecule has 0 unspecified atom stereocenters. The lowest BCUT2D eigenvalue weighted by atomic mass is 9.98. The van der Waals surface area contributed by atoms with Gasteiger partial charge in [-0.15, -0.1) is 0 Å². The molecule has 0 saturated heterocycles. The third kappa shape index (κ3) is 1.80. The van der Waals surface area contributed by atoms with Crippen LogP contribution in [0.15, 0.2) is 5.38 Å². The van der Waals surface area contributed by atoms with Crippen LogP contribution in [0.5, 0.6) is 0 Å². The fraction of sp³-hybridized carbons (Fsp3) is 0.667. The molecule has 1 heterocycles. The quantitative estimate of drug-likeness (QED) is 0.661. The summed E-state index contributed by atoms with van der Waals surface area (Å²) in [5.41, 5.74) is 2.70. The zero-order valence-electron chi connectivity index (χ0n) is 7.59. The van der Waals surface area contributed by atoms with Crippen molar-refractivity contribution in [2.45, 2.75) is 39.5 Å². The third-order valence-electron chi connectivity index (χ3n) is 1.80. The Hall–Kier alpha value is -0.370. The first kappa shape index (κ1) is 8.72. The van der Waals surface area contributed by atoms with Crippen molar-refractivity contribution in [1.82, 2.24) is 4.37 Å². The SMILES string of the molecule is CC(C)c1csnc1C(C)C. The molecule has 0 bridgehead atoms. The van der Waals surface area contributed by atoms with Gasteiger partial charge in [0.05, 0.1) is 5.69 Å². The van der Waals surface area contributed by atoms with Crippen molar-refractivity contribution in [2.75, 3.05) is 0 Å². The molecular formula is C9H15NS. The average molecular weight is 169 g/mol. The molecular weight excluding hydrogens is 154 g/mol. The molecule has 1 aromatic rings. The lowest BCUT2D eigenvalue weighted by Crippen LogP contribution is -1.95. The van der Waals surface area contributed by atoms with Gasteiger partial charge in [0.25, 0.3) is 0 Å². The molecule has 0 aromatic carbocycles. The van der Waals surface area contributed by atoms with Crippen molar-refractivity contribution in [3.8, 4) is 0 Å². The van der Waals surface area contributed by atoms with Gasteiger partial charge < -0.3 is 0 Å². The van der Waals surface area contributed by atoms with Gasteiger partial charge in [0.15, 0.2) is 0 Å². The number of hydrogen-bond acceptors (Lipinski definition) is 2. The van der Waals surface area contributed by atoms with Crippen molar-refractivity contribution in [3.05, 3.63) is 16.6 Å². The highest BCUT2D eigenvalue weighted by Gasteiger charge is 2.11. The highest BCUT2D eigenvalue weighted by molar-refractivity contribution is 7.03. The molecule has 1 nitrogen and oxygen atoms in total.